The van der Waals surface area contributed by atoms with Crippen LogP contribution in [0.5, 0.6) is 0 Å². The lowest BCUT2D eigenvalue weighted by atomic mass is 9.38. The van der Waals surface area contributed by atoms with E-state index < -0.39 is 0 Å². The number of hydrogen-bond acceptors (Lipinski definition) is 6. The molecule has 2 heterocycles. The van der Waals surface area contributed by atoms with Gasteiger partial charge in [-0.05, 0) is 98.7 Å². The molecule has 2 aliphatic heterocycles. The molecule has 5 aliphatic carbocycles. The number of carbonyl (C=O) groups is 4. The highest BCUT2D eigenvalue weighted by atomic mass is 16.6. The fourth-order valence-electron chi connectivity index (χ4n) is 10.0. The third-order valence-electron chi connectivity index (χ3n) is 10.7. The average Bonchev–Trinajstić information content (AvgIpc) is 2.74. The number of hydrogen-bond donors (Lipinski definition) is 0. The predicted octanol–water partition coefficient (Wildman–Crippen LogP) is 2.74. The Bertz CT molecular complexity index is 730. The summed E-state index contributed by atoms with van der Waals surface area (Å²) in [4.78, 5) is 50.2. The van der Waals surface area contributed by atoms with Crippen LogP contribution in [0.15, 0.2) is 0 Å². The molecular weight excluding hydrogens is 384 g/mol. The monoisotopic (exact) mass is 412 g/mol. The normalized spacial score (nSPS) is 55.7. The summed E-state index contributed by atoms with van der Waals surface area (Å²) in [6.07, 6.45) is 7.39. The van der Waals surface area contributed by atoms with Gasteiger partial charge in [0.1, 0.15) is 0 Å². The lowest BCUT2D eigenvalue weighted by Gasteiger charge is -2.66. The minimum Gasteiger partial charge on any atom is -0.393 e. The maximum absolute atomic E-state index is 12.6. The second-order valence-electron chi connectivity index (χ2n) is 11.2. The molecule has 6 nitrogen and oxygen atoms in total. The van der Waals surface area contributed by atoms with Crippen molar-refractivity contribution in [3.05, 3.63) is 0 Å². The first-order chi connectivity index (χ1) is 14.5. The van der Waals surface area contributed by atoms with E-state index in [0.717, 1.165) is 51.4 Å². The molecule has 7 rings (SSSR count). The summed E-state index contributed by atoms with van der Waals surface area (Å²) in [6.45, 7) is 0. The molecule has 7 fully saturated rings. The van der Waals surface area contributed by atoms with Gasteiger partial charge in [-0.2, -0.15) is 0 Å². The minimum absolute atomic E-state index is 0.104. The van der Waals surface area contributed by atoms with Crippen LogP contribution in [0, 0.1) is 71.0 Å². The van der Waals surface area contributed by atoms with E-state index in [9.17, 15) is 19.2 Å². The molecule has 160 valence electrons. The molecule has 5 saturated carbocycles. The molecule has 0 N–H and O–H groups in total. The van der Waals surface area contributed by atoms with E-state index in [0.29, 0.717) is 35.5 Å². The molecule has 6 heteroatoms. The fourth-order valence-corrected chi connectivity index (χ4v) is 10.0. The van der Waals surface area contributed by atoms with Gasteiger partial charge in [0, 0.05) is 0 Å². The van der Waals surface area contributed by atoms with Gasteiger partial charge in [-0.1, -0.05) is 0 Å². The zero-order valence-electron chi connectivity index (χ0n) is 17.0. The van der Waals surface area contributed by atoms with Crippen LogP contribution in [0.2, 0.25) is 0 Å². The van der Waals surface area contributed by atoms with Gasteiger partial charge in [0.2, 0.25) is 0 Å². The maximum atomic E-state index is 12.6. The number of esters is 4. The largest absolute Gasteiger partial charge is 0.393 e. The standard InChI is InChI=1S/C24H28O6/c25-21-13-5-1-9-10-2-6-15-20-16(24(28)30-23(15)27)8-4-12(18(10)20)11-3-7-14(22(26)29-21)19(13)17(9)11/h9-20H,1-8H2/t9-,10+,11+,12-,13-,14+,15+,16?,17?,18?,19?,20?/m1/s1. The molecule has 2 saturated heterocycles. The molecule has 0 bridgehead atoms. The first-order valence-electron chi connectivity index (χ1n) is 12.1. The summed E-state index contributed by atoms with van der Waals surface area (Å²) in [5, 5.41) is 0. The number of fused-ring (bicyclic) bond motifs is 2. The number of cyclic esters (lactones) is 4. The zero-order valence-corrected chi connectivity index (χ0v) is 17.0. The van der Waals surface area contributed by atoms with E-state index in [1.807, 2.05) is 0 Å². The zero-order chi connectivity index (χ0) is 20.3. The Morgan fingerprint density at radius 1 is 0.400 bits per heavy atom. The molecule has 0 amide bonds. The van der Waals surface area contributed by atoms with Gasteiger partial charge < -0.3 is 9.47 Å². The lowest BCUT2D eigenvalue weighted by molar-refractivity contribution is -0.222. The third-order valence-corrected chi connectivity index (χ3v) is 10.7. The van der Waals surface area contributed by atoms with Crippen LogP contribution in [0.3, 0.4) is 0 Å². The van der Waals surface area contributed by atoms with Gasteiger partial charge in [-0.15, -0.1) is 0 Å². The molecule has 30 heavy (non-hydrogen) atoms. The number of carbonyl (C=O) groups excluding carboxylic acids is 4. The van der Waals surface area contributed by atoms with Crippen LogP contribution < -0.4 is 0 Å². The molecule has 0 aromatic heterocycles. The summed E-state index contributed by atoms with van der Waals surface area (Å²) in [6, 6.07) is 0. The third kappa shape index (κ3) is 2.06. The van der Waals surface area contributed by atoms with Gasteiger partial charge in [0.15, 0.2) is 0 Å². The molecule has 7 aliphatic rings. The van der Waals surface area contributed by atoms with Gasteiger partial charge >= 0.3 is 23.9 Å². The number of rotatable bonds is 0. The molecule has 0 radical (unpaired) electrons. The molecule has 5 unspecified atom stereocenters. The van der Waals surface area contributed by atoms with Gasteiger partial charge in [-0.25, -0.2) is 0 Å². The maximum Gasteiger partial charge on any atom is 0.316 e. The van der Waals surface area contributed by atoms with Gasteiger partial charge in [0.25, 0.3) is 0 Å². The fraction of sp³-hybridized carbons (Fsp3) is 0.833. The first-order valence-corrected chi connectivity index (χ1v) is 12.1. The van der Waals surface area contributed by atoms with Crippen LogP contribution in [0.25, 0.3) is 0 Å². The predicted molar refractivity (Wildman–Crippen MR) is 101 cm³/mol. The Morgan fingerprint density at radius 2 is 0.667 bits per heavy atom. The number of ether oxygens (including phenoxy) is 2. The summed E-state index contributed by atoms with van der Waals surface area (Å²) >= 11 is 0. The van der Waals surface area contributed by atoms with Crippen LogP contribution in [-0.4, -0.2) is 23.9 Å². The van der Waals surface area contributed by atoms with Crippen molar-refractivity contribution in [3.63, 3.8) is 0 Å². The van der Waals surface area contributed by atoms with Crippen molar-refractivity contribution in [2.24, 2.45) is 71.0 Å². The van der Waals surface area contributed by atoms with Gasteiger partial charge in [-0.3, -0.25) is 19.2 Å². The van der Waals surface area contributed by atoms with Gasteiger partial charge in [0.05, 0.1) is 23.7 Å². The van der Waals surface area contributed by atoms with Crippen LogP contribution in [0.1, 0.15) is 51.4 Å². The van der Waals surface area contributed by atoms with E-state index >= 15 is 0 Å². The summed E-state index contributed by atoms with van der Waals surface area (Å²) in [7, 11) is 0. The highest BCUT2D eigenvalue weighted by molar-refractivity contribution is 5.92. The SMILES string of the molecule is O=C1OC(=O)[C@H]2CC[C@@H]3C4C2C1CC[C@@H]4[C@@H]1CC[C@@H]2C(=O)OC(=O)[C@@H]4CC[C@H]3C1C24. The van der Waals surface area contributed by atoms with E-state index in [1.165, 1.54) is 0 Å². The molecule has 0 aromatic carbocycles. The minimum atomic E-state index is -0.282. The Balaban J connectivity index is 1.31. The van der Waals surface area contributed by atoms with E-state index in [2.05, 4.69) is 0 Å². The Hall–Kier alpha value is -1.72. The van der Waals surface area contributed by atoms with Crippen molar-refractivity contribution in [2.75, 3.05) is 0 Å². The van der Waals surface area contributed by atoms with Crippen LogP contribution in [0.4, 0.5) is 0 Å². The summed E-state index contributed by atoms with van der Waals surface area (Å²) in [5.74, 6) is 1.72. The quantitative estimate of drug-likeness (QED) is 0.449. The molecular formula is C24H28O6. The lowest BCUT2D eigenvalue weighted by Crippen LogP contribution is -2.65. The van der Waals surface area contributed by atoms with Crippen molar-refractivity contribution < 1.29 is 28.7 Å². The summed E-state index contributed by atoms with van der Waals surface area (Å²) in [5.41, 5.74) is 0. The highest BCUT2D eigenvalue weighted by Crippen LogP contribution is 2.68. The Morgan fingerprint density at radius 3 is 0.933 bits per heavy atom. The molecule has 12 atom stereocenters. The van der Waals surface area contributed by atoms with E-state index in [4.69, 9.17) is 9.47 Å². The Kier molecular flexibility index (Phi) is 3.55. The topological polar surface area (TPSA) is 86.7 Å². The average molecular weight is 412 g/mol. The van der Waals surface area contributed by atoms with Crippen LogP contribution >= 0.6 is 0 Å². The molecule has 0 aromatic rings. The molecule has 0 spiro atoms. The van der Waals surface area contributed by atoms with Crippen molar-refractivity contribution in [1.29, 1.82) is 0 Å². The van der Waals surface area contributed by atoms with Crippen molar-refractivity contribution in [1.82, 2.24) is 0 Å². The Labute approximate surface area is 175 Å². The second-order valence-corrected chi connectivity index (χ2v) is 11.2. The van der Waals surface area contributed by atoms with Crippen molar-refractivity contribution >= 4 is 23.9 Å². The smallest absolute Gasteiger partial charge is 0.316 e. The highest BCUT2D eigenvalue weighted by Gasteiger charge is 2.67. The summed E-state index contributed by atoms with van der Waals surface area (Å²) < 4.78 is 10.3. The second kappa shape index (κ2) is 5.95. The van der Waals surface area contributed by atoms with Crippen LogP contribution in [-0.2, 0) is 28.7 Å². The van der Waals surface area contributed by atoms with E-state index in [-0.39, 0.29) is 59.4 Å². The first kappa shape index (κ1) is 17.9. The van der Waals surface area contributed by atoms with E-state index in [1.54, 1.807) is 0 Å². The van der Waals surface area contributed by atoms with Crippen molar-refractivity contribution in [3.8, 4) is 0 Å². The van der Waals surface area contributed by atoms with Crippen molar-refractivity contribution in [2.45, 2.75) is 51.4 Å².